The molecule has 1 aromatic rings. The fraction of sp³-hybridized carbons (Fsp3) is 0.455. The molecule has 0 saturated carbocycles. The van der Waals surface area contributed by atoms with E-state index >= 15 is 0 Å². The fourth-order valence-corrected chi connectivity index (χ4v) is 1.45. The summed E-state index contributed by atoms with van der Waals surface area (Å²) in [5, 5.41) is 8.81. The van der Waals surface area contributed by atoms with Crippen molar-refractivity contribution < 1.29 is 9.90 Å². The van der Waals surface area contributed by atoms with Gasteiger partial charge in [0, 0.05) is 26.3 Å². The molecule has 1 heterocycles. The van der Waals surface area contributed by atoms with Gasteiger partial charge in [-0.2, -0.15) is 0 Å². The molecule has 0 aliphatic carbocycles. The maximum Gasteiger partial charge on any atom is 0.263 e. The van der Waals surface area contributed by atoms with Crippen molar-refractivity contribution in [2.75, 3.05) is 19.7 Å². The molecule has 0 bridgehead atoms. The van der Waals surface area contributed by atoms with E-state index < -0.39 is 0 Å². The first-order valence-corrected chi connectivity index (χ1v) is 5.17. The zero-order chi connectivity index (χ0) is 12.1. The molecule has 1 amide bonds. The van der Waals surface area contributed by atoms with E-state index in [1.54, 1.807) is 26.2 Å². The maximum atomic E-state index is 11.9. The van der Waals surface area contributed by atoms with Gasteiger partial charge in [0.1, 0.15) is 5.56 Å². The summed E-state index contributed by atoms with van der Waals surface area (Å²) >= 11 is 0. The molecule has 0 saturated heterocycles. The number of rotatable bonds is 4. The zero-order valence-corrected chi connectivity index (χ0v) is 9.51. The first kappa shape index (κ1) is 12.4. The number of aryl methyl sites for hydroxylation is 1. The summed E-state index contributed by atoms with van der Waals surface area (Å²) in [6, 6.07) is 3.16. The van der Waals surface area contributed by atoms with Crippen molar-refractivity contribution in [3.05, 3.63) is 34.2 Å². The zero-order valence-electron chi connectivity index (χ0n) is 9.51. The molecule has 0 unspecified atom stereocenters. The van der Waals surface area contributed by atoms with Gasteiger partial charge in [-0.05, 0) is 19.1 Å². The molecular weight excluding hydrogens is 208 g/mol. The Hall–Kier alpha value is -1.62. The van der Waals surface area contributed by atoms with E-state index in [9.17, 15) is 9.59 Å². The third-order valence-corrected chi connectivity index (χ3v) is 2.39. The third-order valence-electron chi connectivity index (χ3n) is 2.39. The van der Waals surface area contributed by atoms with Crippen LogP contribution in [-0.4, -0.2) is 40.2 Å². The predicted octanol–water partition coefficient (Wildman–Crippen LogP) is -0.160. The normalized spacial score (nSPS) is 10.2. The van der Waals surface area contributed by atoms with Crippen LogP contribution in [0.4, 0.5) is 0 Å². The van der Waals surface area contributed by atoms with Crippen LogP contribution in [0.15, 0.2) is 23.1 Å². The maximum absolute atomic E-state index is 11.9. The molecule has 0 aliphatic heterocycles. The van der Waals surface area contributed by atoms with Gasteiger partial charge in [-0.25, -0.2) is 0 Å². The van der Waals surface area contributed by atoms with Crippen LogP contribution < -0.4 is 5.56 Å². The number of aliphatic hydroxyl groups excluding tert-OH is 1. The average molecular weight is 224 g/mol. The standard InChI is InChI=1S/C11H16N2O3/c1-3-13(7-8-14)11(16)9-5-4-6-12(2)10(9)15/h4-6,14H,3,7-8H2,1-2H3. The second-order valence-corrected chi connectivity index (χ2v) is 3.45. The van der Waals surface area contributed by atoms with Gasteiger partial charge in [0.05, 0.1) is 6.61 Å². The number of nitrogens with zero attached hydrogens (tertiary/aromatic N) is 2. The molecule has 16 heavy (non-hydrogen) atoms. The minimum atomic E-state index is -0.335. The van der Waals surface area contributed by atoms with Crippen molar-refractivity contribution in [3.8, 4) is 0 Å². The van der Waals surface area contributed by atoms with Crippen molar-refractivity contribution >= 4 is 5.91 Å². The Bertz CT molecular complexity index is 425. The van der Waals surface area contributed by atoms with Gasteiger partial charge in [-0.15, -0.1) is 0 Å². The smallest absolute Gasteiger partial charge is 0.263 e. The minimum Gasteiger partial charge on any atom is -0.395 e. The molecule has 1 rings (SSSR count). The SMILES string of the molecule is CCN(CCO)C(=O)c1cccn(C)c1=O. The molecule has 0 spiro atoms. The number of pyridine rings is 1. The Morgan fingerprint density at radius 1 is 1.56 bits per heavy atom. The Kier molecular flexibility index (Phi) is 4.25. The van der Waals surface area contributed by atoms with Gasteiger partial charge in [0.2, 0.25) is 0 Å². The van der Waals surface area contributed by atoms with E-state index in [2.05, 4.69) is 0 Å². The lowest BCUT2D eigenvalue weighted by atomic mass is 10.2. The van der Waals surface area contributed by atoms with Crippen molar-refractivity contribution in [2.45, 2.75) is 6.92 Å². The van der Waals surface area contributed by atoms with E-state index in [4.69, 9.17) is 5.11 Å². The second kappa shape index (κ2) is 5.46. The van der Waals surface area contributed by atoms with Crippen LogP contribution in [0.3, 0.4) is 0 Å². The largest absolute Gasteiger partial charge is 0.395 e. The van der Waals surface area contributed by atoms with Gasteiger partial charge in [0.25, 0.3) is 11.5 Å². The number of aromatic nitrogens is 1. The molecule has 0 aliphatic rings. The predicted molar refractivity (Wildman–Crippen MR) is 60.3 cm³/mol. The van der Waals surface area contributed by atoms with Crippen molar-refractivity contribution in [1.82, 2.24) is 9.47 Å². The molecule has 0 radical (unpaired) electrons. The Balaban J connectivity index is 3.04. The number of aliphatic hydroxyl groups is 1. The van der Waals surface area contributed by atoms with Crippen LogP contribution in [0.2, 0.25) is 0 Å². The van der Waals surface area contributed by atoms with Crippen LogP contribution in [0.1, 0.15) is 17.3 Å². The summed E-state index contributed by atoms with van der Waals surface area (Å²) < 4.78 is 1.36. The molecule has 5 nitrogen and oxygen atoms in total. The topological polar surface area (TPSA) is 62.5 Å². The van der Waals surface area contributed by atoms with Gasteiger partial charge < -0.3 is 14.6 Å². The highest BCUT2D eigenvalue weighted by molar-refractivity contribution is 5.93. The second-order valence-electron chi connectivity index (χ2n) is 3.45. The number of amides is 1. The fourth-order valence-electron chi connectivity index (χ4n) is 1.45. The monoisotopic (exact) mass is 224 g/mol. The minimum absolute atomic E-state index is 0.104. The van der Waals surface area contributed by atoms with E-state index in [1.165, 1.54) is 15.5 Å². The van der Waals surface area contributed by atoms with Crippen LogP contribution in [0, 0.1) is 0 Å². The Morgan fingerprint density at radius 3 is 2.81 bits per heavy atom. The lowest BCUT2D eigenvalue weighted by Crippen LogP contribution is -2.37. The Labute approximate surface area is 93.9 Å². The summed E-state index contributed by atoms with van der Waals surface area (Å²) in [5.41, 5.74) is -0.177. The average Bonchev–Trinajstić information content (AvgIpc) is 2.29. The van der Waals surface area contributed by atoms with Crippen molar-refractivity contribution in [2.24, 2.45) is 7.05 Å². The summed E-state index contributed by atoms with van der Waals surface area (Å²) in [7, 11) is 1.60. The number of hydrogen-bond donors (Lipinski definition) is 1. The molecule has 5 heteroatoms. The molecule has 0 fully saturated rings. The van der Waals surface area contributed by atoms with Crippen LogP contribution in [0.25, 0.3) is 0 Å². The van der Waals surface area contributed by atoms with Crippen molar-refractivity contribution in [3.63, 3.8) is 0 Å². The van der Waals surface area contributed by atoms with E-state index in [1.807, 2.05) is 0 Å². The van der Waals surface area contributed by atoms with Gasteiger partial charge >= 0.3 is 0 Å². The van der Waals surface area contributed by atoms with Crippen LogP contribution in [-0.2, 0) is 7.05 Å². The molecule has 88 valence electrons. The lowest BCUT2D eigenvalue weighted by Gasteiger charge is -2.19. The number of carbonyl (C=O) groups excluding carboxylic acids is 1. The molecule has 1 aromatic heterocycles. The van der Waals surface area contributed by atoms with Gasteiger partial charge in [-0.3, -0.25) is 9.59 Å². The highest BCUT2D eigenvalue weighted by Crippen LogP contribution is 1.99. The van der Waals surface area contributed by atoms with Gasteiger partial charge in [-0.1, -0.05) is 0 Å². The van der Waals surface area contributed by atoms with Crippen LogP contribution >= 0.6 is 0 Å². The van der Waals surface area contributed by atoms with E-state index in [-0.39, 0.29) is 30.2 Å². The number of likely N-dealkylation sites (N-methyl/N-ethyl adjacent to an activating group) is 1. The van der Waals surface area contributed by atoms with Crippen LogP contribution in [0.5, 0.6) is 0 Å². The number of carbonyl (C=O) groups is 1. The number of hydrogen-bond acceptors (Lipinski definition) is 3. The third kappa shape index (κ3) is 2.49. The quantitative estimate of drug-likeness (QED) is 0.773. The summed E-state index contributed by atoms with van der Waals surface area (Å²) in [6.45, 7) is 2.42. The van der Waals surface area contributed by atoms with Gasteiger partial charge in [0.15, 0.2) is 0 Å². The highest BCUT2D eigenvalue weighted by Gasteiger charge is 2.16. The first-order chi connectivity index (χ1) is 7.61. The highest BCUT2D eigenvalue weighted by atomic mass is 16.3. The summed E-state index contributed by atoms with van der Waals surface area (Å²) in [5.74, 6) is -0.335. The summed E-state index contributed by atoms with van der Waals surface area (Å²) in [4.78, 5) is 25.1. The lowest BCUT2D eigenvalue weighted by molar-refractivity contribution is 0.0729. The first-order valence-electron chi connectivity index (χ1n) is 5.17. The molecule has 1 N–H and O–H groups in total. The Morgan fingerprint density at radius 2 is 2.25 bits per heavy atom. The van der Waals surface area contributed by atoms with E-state index in [0.29, 0.717) is 6.54 Å². The molecule has 0 aromatic carbocycles. The molecule has 0 atom stereocenters. The van der Waals surface area contributed by atoms with E-state index in [0.717, 1.165) is 0 Å². The summed E-state index contributed by atoms with van der Waals surface area (Å²) in [6.07, 6.45) is 1.60. The molecular formula is C11H16N2O3. The van der Waals surface area contributed by atoms with Crippen molar-refractivity contribution in [1.29, 1.82) is 0 Å².